The molecule has 3 heterocycles. The van der Waals surface area contributed by atoms with Crippen molar-refractivity contribution in [1.82, 2.24) is 9.88 Å². The van der Waals surface area contributed by atoms with Gasteiger partial charge in [0.05, 0.1) is 5.41 Å². The van der Waals surface area contributed by atoms with E-state index in [9.17, 15) is 9.59 Å². The zero-order chi connectivity index (χ0) is 19.5. The van der Waals surface area contributed by atoms with Gasteiger partial charge in [-0.2, -0.15) is 0 Å². The third kappa shape index (κ3) is 2.66. The fourth-order valence-electron chi connectivity index (χ4n) is 4.36. The first-order valence-electron chi connectivity index (χ1n) is 9.15. The number of amides is 2. The number of carbonyl (C=O) groups excluding carboxylic acids is 2. The van der Waals surface area contributed by atoms with Crippen LogP contribution in [0, 0.1) is 0 Å². The number of anilines is 1. The summed E-state index contributed by atoms with van der Waals surface area (Å²) in [5.41, 5.74) is 2.78. The van der Waals surface area contributed by atoms with E-state index in [4.69, 9.17) is 11.6 Å². The van der Waals surface area contributed by atoms with E-state index in [2.05, 4.69) is 26.2 Å². The molecule has 5 rings (SSSR count). The first kappa shape index (κ1) is 17.8. The first-order chi connectivity index (χ1) is 13.5. The lowest BCUT2D eigenvalue weighted by molar-refractivity contribution is -0.122. The molecule has 2 N–H and O–H groups in total. The highest BCUT2D eigenvalue weighted by Crippen LogP contribution is 2.46. The summed E-state index contributed by atoms with van der Waals surface area (Å²) < 4.78 is 0.956. The maximum Gasteiger partial charge on any atom is 0.270 e. The van der Waals surface area contributed by atoms with Gasteiger partial charge in [-0.05, 0) is 60.9 Å². The molecule has 28 heavy (non-hydrogen) atoms. The topological polar surface area (TPSA) is 65.2 Å². The Bertz CT molecular complexity index is 1130. The smallest absolute Gasteiger partial charge is 0.270 e. The Kier molecular flexibility index (Phi) is 4.03. The number of H-pyrrole nitrogens is 1. The van der Waals surface area contributed by atoms with E-state index >= 15 is 0 Å². The molecular formula is C21H17BrClN3O2. The Morgan fingerprint density at radius 3 is 2.68 bits per heavy atom. The van der Waals surface area contributed by atoms with Gasteiger partial charge in [-0.3, -0.25) is 9.59 Å². The summed E-state index contributed by atoms with van der Waals surface area (Å²) in [7, 11) is 0. The second kappa shape index (κ2) is 6.36. The molecule has 0 bridgehead atoms. The van der Waals surface area contributed by atoms with Crippen LogP contribution in [0.2, 0.25) is 5.02 Å². The number of aromatic nitrogens is 1. The number of nitrogens with one attached hydrogen (secondary N) is 2. The van der Waals surface area contributed by atoms with Crippen LogP contribution in [0.4, 0.5) is 5.69 Å². The molecule has 1 saturated heterocycles. The maximum atomic E-state index is 13.0. The van der Waals surface area contributed by atoms with E-state index in [1.165, 1.54) is 0 Å². The normalized spacial score (nSPS) is 17.8. The number of nitrogens with zero attached hydrogens (tertiary/aromatic N) is 1. The first-order valence-corrected chi connectivity index (χ1v) is 10.3. The quantitative estimate of drug-likeness (QED) is 0.555. The van der Waals surface area contributed by atoms with Gasteiger partial charge in [-0.1, -0.05) is 27.5 Å². The molecule has 2 aliphatic heterocycles. The van der Waals surface area contributed by atoms with Crippen molar-refractivity contribution in [2.24, 2.45) is 0 Å². The molecule has 142 valence electrons. The van der Waals surface area contributed by atoms with Crippen molar-refractivity contribution in [3.05, 3.63) is 63.2 Å². The van der Waals surface area contributed by atoms with Crippen molar-refractivity contribution in [1.29, 1.82) is 0 Å². The van der Waals surface area contributed by atoms with Gasteiger partial charge >= 0.3 is 0 Å². The number of hydrogen-bond acceptors (Lipinski definition) is 2. The predicted molar refractivity (Wildman–Crippen MR) is 113 cm³/mol. The number of aromatic amines is 1. The van der Waals surface area contributed by atoms with Gasteiger partial charge in [-0.25, -0.2) is 0 Å². The van der Waals surface area contributed by atoms with Crippen LogP contribution in [0.15, 0.2) is 46.9 Å². The molecule has 2 aromatic carbocycles. The summed E-state index contributed by atoms with van der Waals surface area (Å²) in [5, 5.41) is 4.56. The molecular weight excluding hydrogens is 442 g/mol. The Morgan fingerprint density at radius 1 is 1.11 bits per heavy atom. The number of piperidine rings is 1. The average molecular weight is 459 g/mol. The number of carbonyl (C=O) groups is 2. The minimum Gasteiger partial charge on any atom is -0.351 e. The Morgan fingerprint density at radius 2 is 1.89 bits per heavy atom. The molecule has 0 aliphatic carbocycles. The van der Waals surface area contributed by atoms with E-state index in [0.29, 0.717) is 36.6 Å². The highest BCUT2D eigenvalue weighted by atomic mass is 79.9. The van der Waals surface area contributed by atoms with Crippen LogP contribution in [-0.2, 0) is 10.2 Å². The number of rotatable bonds is 1. The van der Waals surface area contributed by atoms with Crippen molar-refractivity contribution in [2.75, 3.05) is 18.4 Å². The minimum atomic E-state index is -0.552. The Balaban J connectivity index is 1.39. The second-order valence-corrected chi connectivity index (χ2v) is 8.79. The third-order valence-electron chi connectivity index (χ3n) is 5.90. The highest BCUT2D eigenvalue weighted by molar-refractivity contribution is 9.10. The van der Waals surface area contributed by atoms with Gasteiger partial charge in [0, 0.05) is 39.2 Å². The fourth-order valence-corrected chi connectivity index (χ4v) is 4.90. The van der Waals surface area contributed by atoms with Crippen molar-refractivity contribution in [2.45, 2.75) is 18.3 Å². The van der Waals surface area contributed by atoms with Crippen LogP contribution < -0.4 is 5.32 Å². The van der Waals surface area contributed by atoms with Gasteiger partial charge in [-0.15, -0.1) is 0 Å². The predicted octanol–water partition coefficient (Wildman–Crippen LogP) is 4.71. The van der Waals surface area contributed by atoms with Crippen molar-refractivity contribution in [3.8, 4) is 0 Å². The molecule has 2 amide bonds. The molecule has 1 fully saturated rings. The van der Waals surface area contributed by atoms with Crippen molar-refractivity contribution >= 4 is 55.9 Å². The van der Waals surface area contributed by atoms with E-state index < -0.39 is 5.41 Å². The molecule has 2 aliphatic rings. The minimum absolute atomic E-state index is 0.0351. The standard InChI is InChI=1S/C21H17BrClN3O2/c22-13-1-3-17-15(11-13)21(20(28)25-17)5-7-26(8-6-21)19(27)18-10-12-9-14(23)2-4-16(12)24-18/h1-4,9-11,24H,5-8H2,(H,25,28). The van der Waals surface area contributed by atoms with Crippen LogP contribution in [0.5, 0.6) is 0 Å². The van der Waals surface area contributed by atoms with Crippen molar-refractivity contribution in [3.63, 3.8) is 0 Å². The number of hydrogen-bond donors (Lipinski definition) is 2. The van der Waals surface area contributed by atoms with E-state index in [0.717, 1.165) is 26.6 Å². The zero-order valence-corrected chi connectivity index (χ0v) is 17.2. The molecule has 1 aromatic heterocycles. The fraction of sp³-hybridized carbons (Fsp3) is 0.238. The second-order valence-electron chi connectivity index (χ2n) is 7.43. The molecule has 0 unspecified atom stereocenters. The van der Waals surface area contributed by atoms with Gasteiger partial charge < -0.3 is 15.2 Å². The van der Waals surface area contributed by atoms with Gasteiger partial charge in [0.25, 0.3) is 5.91 Å². The van der Waals surface area contributed by atoms with Crippen LogP contribution in [-0.4, -0.2) is 34.8 Å². The zero-order valence-electron chi connectivity index (χ0n) is 14.9. The lowest BCUT2D eigenvalue weighted by atomic mass is 9.73. The van der Waals surface area contributed by atoms with Crippen LogP contribution in [0.25, 0.3) is 10.9 Å². The molecule has 7 heteroatoms. The third-order valence-corrected chi connectivity index (χ3v) is 6.63. The molecule has 0 atom stereocenters. The van der Waals surface area contributed by atoms with E-state index in [1.807, 2.05) is 41.3 Å². The Labute approximate surface area is 175 Å². The number of fused-ring (bicyclic) bond motifs is 3. The number of benzene rings is 2. The molecule has 1 spiro atoms. The largest absolute Gasteiger partial charge is 0.351 e. The summed E-state index contributed by atoms with van der Waals surface area (Å²) in [6.07, 6.45) is 1.22. The van der Waals surface area contributed by atoms with Crippen LogP contribution >= 0.6 is 27.5 Å². The monoisotopic (exact) mass is 457 g/mol. The molecule has 5 nitrogen and oxygen atoms in total. The van der Waals surface area contributed by atoms with E-state index in [1.54, 1.807) is 6.07 Å². The summed E-state index contributed by atoms with van der Waals surface area (Å²) in [4.78, 5) is 30.8. The summed E-state index contributed by atoms with van der Waals surface area (Å²) in [6.45, 7) is 1.07. The lowest BCUT2D eigenvalue weighted by Gasteiger charge is -2.37. The molecule has 0 radical (unpaired) electrons. The van der Waals surface area contributed by atoms with Crippen LogP contribution in [0.3, 0.4) is 0 Å². The molecule has 3 aromatic rings. The molecule has 0 saturated carbocycles. The van der Waals surface area contributed by atoms with E-state index in [-0.39, 0.29) is 11.8 Å². The highest BCUT2D eigenvalue weighted by Gasteiger charge is 2.49. The number of likely N-dealkylation sites (tertiary alicyclic amines) is 1. The average Bonchev–Trinajstić information content (AvgIpc) is 3.22. The SMILES string of the molecule is O=C(c1cc2cc(Cl)ccc2[nH]1)N1CCC2(CC1)C(=O)Nc1ccc(Br)cc12. The maximum absolute atomic E-state index is 13.0. The number of halogens is 2. The van der Waals surface area contributed by atoms with Crippen LogP contribution in [0.1, 0.15) is 28.9 Å². The van der Waals surface area contributed by atoms with Gasteiger partial charge in [0.15, 0.2) is 0 Å². The summed E-state index contributed by atoms with van der Waals surface area (Å²) in [5.74, 6) is -0.0111. The Hall–Kier alpha value is -2.31. The van der Waals surface area contributed by atoms with Gasteiger partial charge in [0.2, 0.25) is 5.91 Å². The van der Waals surface area contributed by atoms with Gasteiger partial charge in [0.1, 0.15) is 5.69 Å². The summed E-state index contributed by atoms with van der Waals surface area (Å²) in [6, 6.07) is 13.2. The van der Waals surface area contributed by atoms with Crippen molar-refractivity contribution < 1.29 is 9.59 Å². The summed E-state index contributed by atoms with van der Waals surface area (Å²) >= 11 is 9.55. The lowest BCUT2D eigenvalue weighted by Crippen LogP contribution is -2.48.